The maximum atomic E-state index is 9.60. The number of hydrogen-bond acceptors (Lipinski definition) is 2. The first-order valence-corrected chi connectivity index (χ1v) is 3.82. The molecule has 0 aliphatic rings. The third-order valence-electron chi connectivity index (χ3n) is 2.54. The average molecular weight is 146 g/mol. The van der Waals surface area contributed by atoms with E-state index in [2.05, 4.69) is 0 Å². The van der Waals surface area contributed by atoms with Crippen molar-refractivity contribution in [3.8, 4) is 0 Å². The van der Waals surface area contributed by atoms with Crippen LogP contribution in [-0.2, 0) is 0 Å². The second-order valence-corrected chi connectivity index (χ2v) is 3.25. The van der Waals surface area contributed by atoms with Gasteiger partial charge in [0.25, 0.3) is 0 Å². The second kappa shape index (κ2) is 2.89. The molecular formula is C8H18O2. The van der Waals surface area contributed by atoms with Crippen LogP contribution in [0, 0.1) is 0 Å². The zero-order valence-corrected chi connectivity index (χ0v) is 7.31. The summed E-state index contributed by atoms with van der Waals surface area (Å²) in [6, 6.07) is 0. The van der Waals surface area contributed by atoms with E-state index in [9.17, 15) is 10.2 Å². The standard InChI is InChI=1S/C8H18O2/c1-5-7(3,9)8(4,10)6-2/h9-10H,5-6H2,1-4H3/t7-,8-/m0/s1. The van der Waals surface area contributed by atoms with Gasteiger partial charge in [-0.1, -0.05) is 13.8 Å². The third kappa shape index (κ3) is 1.70. The minimum Gasteiger partial charge on any atom is -0.387 e. The molecule has 0 aromatic rings. The van der Waals surface area contributed by atoms with Crippen molar-refractivity contribution in [2.45, 2.75) is 51.7 Å². The molecule has 0 amide bonds. The van der Waals surface area contributed by atoms with E-state index in [-0.39, 0.29) is 0 Å². The van der Waals surface area contributed by atoms with Crippen LogP contribution in [0.5, 0.6) is 0 Å². The average Bonchev–Trinajstić information content (AvgIpc) is 1.88. The molecule has 0 unspecified atom stereocenters. The lowest BCUT2D eigenvalue weighted by molar-refractivity contribution is -0.133. The molecule has 2 nitrogen and oxygen atoms in total. The molecule has 0 heterocycles. The highest BCUT2D eigenvalue weighted by atomic mass is 16.4. The van der Waals surface area contributed by atoms with E-state index < -0.39 is 11.2 Å². The minimum absolute atomic E-state index is 0.577. The van der Waals surface area contributed by atoms with Crippen molar-refractivity contribution in [1.82, 2.24) is 0 Å². The van der Waals surface area contributed by atoms with Gasteiger partial charge in [-0.25, -0.2) is 0 Å². The van der Waals surface area contributed by atoms with E-state index in [0.29, 0.717) is 12.8 Å². The summed E-state index contributed by atoms with van der Waals surface area (Å²) in [5.41, 5.74) is -1.91. The Labute approximate surface area is 62.9 Å². The largest absolute Gasteiger partial charge is 0.387 e. The van der Waals surface area contributed by atoms with Crippen molar-refractivity contribution in [1.29, 1.82) is 0 Å². The van der Waals surface area contributed by atoms with Gasteiger partial charge in [-0.3, -0.25) is 0 Å². The lowest BCUT2D eigenvalue weighted by Gasteiger charge is -2.37. The molecule has 2 N–H and O–H groups in total. The molecule has 0 spiro atoms. The lowest BCUT2D eigenvalue weighted by atomic mass is 9.82. The summed E-state index contributed by atoms with van der Waals surface area (Å²) in [5.74, 6) is 0. The van der Waals surface area contributed by atoms with Crippen LogP contribution in [0.4, 0.5) is 0 Å². The molecule has 0 rings (SSSR count). The SMILES string of the molecule is CC[C@](C)(O)[C@@](C)(O)CC. The van der Waals surface area contributed by atoms with Gasteiger partial charge in [0.15, 0.2) is 0 Å². The molecule has 2 heteroatoms. The van der Waals surface area contributed by atoms with Crippen LogP contribution in [0.25, 0.3) is 0 Å². The maximum Gasteiger partial charge on any atom is 0.0900 e. The fourth-order valence-corrected chi connectivity index (χ4v) is 0.762. The molecule has 2 atom stereocenters. The summed E-state index contributed by atoms with van der Waals surface area (Å²) in [4.78, 5) is 0. The van der Waals surface area contributed by atoms with Gasteiger partial charge in [0, 0.05) is 0 Å². The summed E-state index contributed by atoms with van der Waals surface area (Å²) in [5, 5.41) is 19.2. The van der Waals surface area contributed by atoms with Gasteiger partial charge in [0.1, 0.15) is 0 Å². The molecule has 0 aliphatic carbocycles. The summed E-state index contributed by atoms with van der Waals surface area (Å²) >= 11 is 0. The molecule has 0 radical (unpaired) electrons. The smallest absolute Gasteiger partial charge is 0.0900 e. The molecule has 0 saturated carbocycles. The van der Waals surface area contributed by atoms with E-state index in [1.54, 1.807) is 13.8 Å². The molecule has 0 aliphatic heterocycles. The summed E-state index contributed by atoms with van der Waals surface area (Å²) in [6.45, 7) is 7.06. The first kappa shape index (κ1) is 9.92. The van der Waals surface area contributed by atoms with E-state index >= 15 is 0 Å². The molecule has 0 fully saturated rings. The molecule has 0 saturated heterocycles. The van der Waals surface area contributed by atoms with Crippen molar-refractivity contribution in [2.24, 2.45) is 0 Å². The summed E-state index contributed by atoms with van der Waals surface area (Å²) in [7, 11) is 0. The van der Waals surface area contributed by atoms with Gasteiger partial charge in [-0.05, 0) is 26.7 Å². The zero-order chi connectivity index (χ0) is 8.41. The lowest BCUT2D eigenvalue weighted by Crippen LogP contribution is -2.48. The normalized spacial score (nSPS) is 23.4. The van der Waals surface area contributed by atoms with Crippen molar-refractivity contribution >= 4 is 0 Å². The van der Waals surface area contributed by atoms with Crippen LogP contribution < -0.4 is 0 Å². The summed E-state index contributed by atoms with van der Waals surface area (Å²) < 4.78 is 0. The topological polar surface area (TPSA) is 40.5 Å². The second-order valence-electron chi connectivity index (χ2n) is 3.25. The Morgan fingerprint density at radius 3 is 1.20 bits per heavy atom. The highest BCUT2D eigenvalue weighted by molar-refractivity contribution is 4.90. The van der Waals surface area contributed by atoms with Crippen LogP contribution >= 0.6 is 0 Å². The van der Waals surface area contributed by atoms with E-state index in [1.165, 1.54) is 0 Å². The monoisotopic (exact) mass is 146 g/mol. The highest BCUT2D eigenvalue weighted by Gasteiger charge is 2.38. The Kier molecular flexibility index (Phi) is 2.86. The molecule has 62 valence electrons. The van der Waals surface area contributed by atoms with Gasteiger partial charge >= 0.3 is 0 Å². The van der Waals surface area contributed by atoms with Crippen molar-refractivity contribution in [3.63, 3.8) is 0 Å². The molecule has 0 bridgehead atoms. The first-order chi connectivity index (χ1) is 4.37. The number of hydrogen-bond donors (Lipinski definition) is 2. The Morgan fingerprint density at radius 1 is 0.900 bits per heavy atom. The molecule has 0 aromatic carbocycles. The fourth-order valence-electron chi connectivity index (χ4n) is 0.762. The Hall–Kier alpha value is -0.0800. The van der Waals surface area contributed by atoms with E-state index in [1.807, 2.05) is 13.8 Å². The van der Waals surface area contributed by atoms with Crippen LogP contribution in [-0.4, -0.2) is 21.4 Å². The Balaban J connectivity index is 4.28. The fraction of sp³-hybridized carbons (Fsp3) is 1.00. The van der Waals surface area contributed by atoms with Gasteiger partial charge in [-0.15, -0.1) is 0 Å². The van der Waals surface area contributed by atoms with Gasteiger partial charge < -0.3 is 10.2 Å². The number of aliphatic hydroxyl groups is 2. The Morgan fingerprint density at radius 2 is 1.10 bits per heavy atom. The maximum absolute atomic E-state index is 9.60. The molecule has 10 heavy (non-hydrogen) atoms. The first-order valence-electron chi connectivity index (χ1n) is 3.82. The van der Waals surface area contributed by atoms with Gasteiger partial charge in [0.05, 0.1) is 11.2 Å². The number of rotatable bonds is 3. The molecule has 0 aromatic heterocycles. The van der Waals surface area contributed by atoms with Crippen molar-refractivity contribution in [3.05, 3.63) is 0 Å². The Bertz CT molecular complexity index is 91.8. The third-order valence-corrected chi connectivity index (χ3v) is 2.54. The van der Waals surface area contributed by atoms with Crippen molar-refractivity contribution in [2.75, 3.05) is 0 Å². The quantitative estimate of drug-likeness (QED) is 0.630. The predicted molar refractivity (Wildman–Crippen MR) is 41.8 cm³/mol. The van der Waals surface area contributed by atoms with Crippen LogP contribution in [0.2, 0.25) is 0 Å². The highest BCUT2D eigenvalue weighted by Crippen LogP contribution is 2.27. The van der Waals surface area contributed by atoms with Gasteiger partial charge in [0.2, 0.25) is 0 Å². The van der Waals surface area contributed by atoms with Gasteiger partial charge in [-0.2, -0.15) is 0 Å². The molecular weight excluding hydrogens is 128 g/mol. The zero-order valence-electron chi connectivity index (χ0n) is 7.31. The predicted octanol–water partition coefficient (Wildman–Crippen LogP) is 1.31. The summed E-state index contributed by atoms with van der Waals surface area (Å²) in [6.07, 6.45) is 1.15. The van der Waals surface area contributed by atoms with Crippen molar-refractivity contribution < 1.29 is 10.2 Å². The van der Waals surface area contributed by atoms with E-state index in [0.717, 1.165) is 0 Å². The van der Waals surface area contributed by atoms with E-state index in [4.69, 9.17) is 0 Å². The van der Waals surface area contributed by atoms with Crippen LogP contribution in [0.1, 0.15) is 40.5 Å². The van der Waals surface area contributed by atoms with Crippen LogP contribution in [0.3, 0.4) is 0 Å². The van der Waals surface area contributed by atoms with Crippen LogP contribution in [0.15, 0.2) is 0 Å². The minimum atomic E-state index is -0.957.